The minimum absolute atomic E-state index is 0.0167. The summed E-state index contributed by atoms with van der Waals surface area (Å²) in [6.45, 7) is 0. The number of aromatic amines is 1. The third-order valence-electron chi connectivity index (χ3n) is 3.81. The zero-order valence-electron chi connectivity index (χ0n) is 10.7. The van der Waals surface area contributed by atoms with E-state index in [2.05, 4.69) is 15.5 Å². The monoisotopic (exact) mass is 258 g/mol. The van der Waals surface area contributed by atoms with Gasteiger partial charge in [0.05, 0.1) is 11.7 Å². The van der Waals surface area contributed by atoms with E-state index in [9.17, 15) is 4.79 Å². The predicted molar refractivity (Wildman–Crippen MR) is 73.8 cm³/mol. The van der Waals surface area contributed by atoms with E-state index in [0.717, 1.165) is 36.6 Å². The fraction of sp³-hybridized carbons (Fsp3) is 0.429. The minimum atomic E-state index is -0.0167. The Kier molecular flexibility index (Phi) is 3.21. The normalized spacial score (nSPS) is 23.4. The second kappa shape index (κ2) is 5.01. The van der Waals surface area contributed by atoms with Crippen LogP contribution in [-0.2, 0) is 0 Å². The van der Waals surface area contributed by atoms with Crippen LogP contribution in [0.1, 0.15) is 36.0 Å². The number of H-pyrrole nitrogens is 1. The molecule has 0 aliphatic heterocycles. The molecule has 19 heavy (non-hydrogen) atoms. The Morgan fingerprint density at radius 2 is 2.11 bits per heavy atom. The van der Waals surface area contributed by atoms with Gasteiger partial charge in [-0.2, -0.15) is 5.10 Å². The van der Waals surface area contributed by atoms with Gasteiger partial charge in [-0.3, -0.25) is 9.89 Å². The molecule has 0 atom stereocenters. The molecule has 5 nitrogen and oxygen atoms in total. The van der Waals surface area contributed by atoms with Crippen molar-refractivity contribution in [2.45, 2.75) is 37.8 Å². The minimum Gasteiger partial charge on any atom is -0.349 e. The molecule has 1 aliphatic rings. The molecule has 1 fully saturated rings. The van der Waals surface area contributed by atoms with E-state index < -0.39 is 0 Å². The van der Waals surface area contributed by atoms with Crippen molar-refractivity contribution >= 4 is 16.8 Å². The lowest BCUT2D eigenvalue weighted by atomic mass is 9.91. The van der Waals surface area contributed by atoms with Crippen LogP contribution >= 0.6 is 0 Å². The number of aromatic nitrogens is 2. The molecule has 1 aromatic carbocycles. The van der Waals surface area contributed by atoms with Crippen LogP contribution in [0.5, 0.6) is 0 Å². The molecule has 100 valence electrons. The Hall–Kier alpha value is -1.88. The molecule has 1 heterocycles. The van der Waals surface area contributed by atoms with Crippen LogP contribution in [0, 0.1) is 0 Å². The van der Waals surface area contributed by atoms with Crippen molar-refractivity contribution in [1.29, 1.82) is 0 Å². The van der Waals surface area contributed by atoms with Crippen LogP contribution in [-0.4, -0.2) is 28.2 Å². The number of fused-ring (bicyclic) bond motifs is 1. The number of rotatable bonds is 2. The van der Waals surface area contributed by atoms with Gasteiger partial charge >= 0.3 is 0 Å². The first-order chi connectivity index (χ1) is 9.22. The molecule has 1 aliphatic carbocycles. The number of amides is 1. The average Bonchev–Trinajstić information content (AvgIpc) is 2.88. The number of hydrogen-bond donors (Lipinski definition) is 3. The molecule has 1 amide bonds. The molecule has 5 heteroatoms. The van der Waals surface area contributed by atoms with Crippen molar-refractivity contribution in [1.82, 2.24) is 15.5 Å². The van der Waals surface area contributed by atoms with Crippen molar-refractivity contribution in [2.75, 3.05) is 0 Å². The summed E-state index contributed by atoms with van der Waals surface area (Å²) in [7, 11) is 0. The van der Waals surface area contributed by atoms with Gasteiger partial charge in [0.25, 0.3) is 5.91 Å². The molecule has 0 bridgehead atoms. The summed E-state index contributed by atoms with van der Waals surface area (Å²) in [5.74, 6) is -0.0167. The lowest BCUT2D eigenvalue weighted by molar-refractivity contribution is 0.0926. The van der Waals surface area contributed by atoms with Crippen molar-refractivity contribution < 1.29 is 4.79 Å². The molecule has 1 aromatic heterocycles. The van der Waals surface area contributed by atoms with E-state index in [-0.39, 0.29) is 11.9 Å². The summed E-state index contributed by atoms with van der Waals surface area (Å²) in [6.07, 6.45) is 5.67. The quantitative estimate of drug-likeness (QED) is 0.764. The van der Waals surface area contributed by atoms with Crippen LogP contribution in [0.15, 0.2) is 24.4 Å². The smallest absolute Gasteiger partial charge is 0.251 e. The molecule has 4 N–H and O–H groups in total. The highest BCUT2D eigenvalue weighted by Crippen LogP contribution is 2.18. The maximum absolute atomic E-state index is 12.2. The highest BCUT2D eigenvalue weighted by Gasteiger charge is 2.20. The largest absolute Gasteiger partial charge is 0.349 e. The molecule has 1 saturated carbocycles. The van der Waals surface area contributed by atoms with Gasteiger partial charge in [0.2, 0.25) is 0 Å². The maximum atomic E-state index is 12.2. The molecule has 3 rings (SSSR count). The number of carbonyl (C=O) groups is 1. The van der Waals surface area contributed by atoms with E-state index in [1.165, 1.54) is 0 Å². The lowest BCUT2D eigenvalue weighted by Gasteiger charge is -2.26. The highest BCUT2D eigenvalue weighted by atomic mass is 16.1. The molecule has 0 spiro atoms. The van der Waals surface area contributed by atoms with Gasteiger partial charge < -0.3 is 11.1 Å². The SMILES string of the molecule is NC1CCC(NC(=O)c2ccc3cn[nH]c3c2)CC1. The number of nitrogens with two attached hydrogens (primary N) is 1. The van der Waals surface area contributed by atoms with Crippen LogP contribution in [0.25, 0.3) is 10.9 Å². The Morgan fingerprint density at radius 3 is 2.89 bits per heavy atom. The number of nitrogens with one attached hydrogen (secondary N) is 2. The van der Waals surface area contributed by atoms with Crippen molar-refractivity contribution in [3.63, 3.8) is 0 Å². The Labute approximate surface area is 111 Å². The summed E-state index contributed by atoms with van der Waals surface area (Å²) in [4.78, 5) is 12.2. The maximum Gasteiger partial charge on any atom is 0.251 e. The summed E-state index contributed by atoms with van der Waals surface area (Å²) in [6, 6.07) is 6.14. The predicted octanol–water partition coefficient (Wildman–Crippen LogP) is 1.56. The molecule has 0 unspecified atom stereocenters. The van der Waals surface area contributed by atoms with E-state index in [1.807, 2.05) is 18.2 Å². The molecular formula is C14H18N4O. The van der Waals surface area contributed by atoms with E-state index >= 15 is 0 Å². The molecule has 0 saturated heterocycles. The first-order valence-corrected chi connectivity index (χ1v) is 6.72. The van der Waals surface area contributed by atoms with Gasteiger partial charge in [0.15, 0.2) is 0 Å². The standard InChI is InChI=1S/C14H18N4O/c15-11-3-5-12(6-4-11)17-14(19)9-1-2-10-8-16-18-13(10)7-9/h1-2,7-8,11-12H,3-6,15H2,(H,16,18)(H,17,19). The Bertz CT molecular complexity index is 584. The van der Waals surface area contributed by atoms with Gasteiger partial charge in [-0.25, -0.2) is 0 Å². The second-order valence-corrected chi connectivity index (χ2v) is 5.26. The number of nitrogens with zero attached hydrogens (tertiary/aromatic N) is 1. The third kappa shape index (κ3) is 2.61. The zero-order valence-corrected chi connectivity index (χ0v) is 10.7. The van der Waals surface area contributed by atoms with Crippen molar-refractivity contribution in [2.24, 2.45) is 5.73 Å². The summed E-state index contributed by atoms with van der Waals surface area (Å²) < 4.78 is 0. The summed E-state index contributed by atoms with van der Waals surface area (Å²) in [5.41, 5.74) is 7.43. The first kappa shape index (κ1) is 12.2. The average molecular weight is 258 g/mol. The Balaban J connectivity index is 1.69. The fourth-order valence-electron chi connectivity index (χ4n) is 2.61. The zero-order chi connectivity index (χ0) is 13.2. The highest BCUT2D eigenvalue weighted by molar-refractivity contribution is 5.97. The summed E-state index contributed by atoms with van der Waals surface area (Å²) in [5, 5.41) is 10.9. The molecule has 0 radical (unpaired) electrons. The van der Waals surface area contributed by atoms with Gasteiger partial charge in [-0.15, -0.1) is 0 Å². The molecular weight excluding hydrogens is 240 g/mol. The van der Waals surface area contributed by atoms with Crippen LogP contribution in [0.2, 0.25) is 0 Å². The van der Waals surface area contributed by atoms with Crippen LogP contribution < -0.4 is 11.1 Å². The fourth-order valence-corrected chi connectivity index (χ4v) is 2.61. The summed E-state index contributed by atoms with van der Waals surface area (Å²) >= 11 is 0. The third-order valence-corrected chi connectivity index (χ3v) is 3.81. The van der Waals surface area contributed by atoms with Gasteiger partial charge in [0.1, 0.15) is 0 Å². The van der Waals surface area contributed by atoms with Crippen LogP contribution in [0.3, 0.4) is 0 Å². The molecule has 2 aromatic rings. The van der Waals surface area contributed by atoms with E-state index in [4.69, 9.17) is 5.73 Å². The lowest BCUT2D eigenvalue weighted by Crippen LogP contribution is -2.40. The van der Waals surface area contributed by atoms with Gasteiger partial charge in [-0.1, -0.05) is 6.07 Å². The van der Waals surface area contributed by atoms with Gasteiger partial charge in [0, 0.05) is 23.0 Å². The van der Waals surface area contributed by atoms with E-state index in [1.54, 1.807) is 6.20 Å². The van der Waals surface area contributed by atoms with Crippen LogP contribution in [0.4, 0.5) is 0 Å². The van der Waals surface area contributed by atoms with E-state index in [0.29, 0.717) is 11.6 Å². The number of hydrogen-bond acceptors (Lipinski definition) is 3. The van der Waals surface area contributed by atoms with Crippen molar-refractivity contribution in [3.8, 4) is 0 Å². The van der Waals surface area contributed by atoms with Crippen molar-refractivity contribution in [3.05, 3.63) is 30.0 Å². The topological polar surface area (TPSA) is 83.8 Å². The second-order valence-electron chi connectivity index (χ2n) is 5.26. The van der Waals surface area contributed by atoms with Gasteiger partial charge in [-0.05, 0) is 37.8 Å². The first-order valence-electron chi connectivity index (χ1n) is 6.72. The number of benzene rings is 1. The Morgan fingerprint density at radius 1 is 1.32 bits per heavy atom. The number of carbonyl (C=O) groups excluding carboxylic acids is 1.